The maximum absolute atomic E-state index is 10.7. The third-order valence-electron chi connectivity index (χ3n) is 3.11. The van der Waals surface area contributed by atoms with Gasteiger partial charge in [-0.15, -0.1) is 0 Å². The fraction of sp³-hybridized carbons (Fsp3) is 0.462. The molecule has 1 aromatic rings. The van der Waals surface area contributed by atoms with E-state index < -0.39 is 5.97 Å². The van der Waals surface area contributed by atoms with Gasteiger partial charge in [0.2, 0.25) is 0 Å². The number of hydrogen-bond acceptors (Lipinski definition) is 2. The highest BCUT2D eigenvalue weighted by atomic mass is 79.9. The highest BCUT2D eigenvalue weighted by molar-refractivity contribution is 9.10. The van der Waals surface area contributed by atoms with E-state index in [1.165, 1.54) is 0 Å². The predicted octanol–water partition coefficient (Wildman–Crippen LogP) is 3.47. The first-order valence-electron chi connectivity index (χ1n) is 5.79. The number of carboxylic acids is 1. The molecule has 2 atom stereocenters. The summed E-state index contributed by atoms with van der Waals surface area (Å²) in [5, 5.41) is 8.84. The number of aliphatic carboxylic acids is 1. The molecule has 0 heterocycles. The number of ether oxygens (including phenoxy) is 1. The van der Waals surface area contributed by atoms with Gasteiger partial charge >= 0.3 is 5.97 Å². The van der Waals surface area contributed by atoms with Crippen LogP contribution in [0, 0.1) is 5.92 Å². The average Bonchev–Trinajstić information content (AvgIpc) is 2.65. The summed E-state index contributed by atoms with van der Waals surface area (Å²) in [7, 11) is 0. The SMILES string of the molecule is O=C(O)CC1CCCC1Oc1cccc(Br)c1. The highest BCUT2D eigenvalue weighted by Gasteiger charge is 2.30. The van der Waals surface area contributed by atoms with Gasteiger partial charge in [-0.05, 0) is 37.5 Å². The van der Waals surface area contributed by atoms with Crippen LogP contribution in [-0.2, 0) is 4.79 Å². The van der Waals surface area contributed by atoms with Gasteiger partial charge in [0.15, 0.2) is 0 Å². The molecule has 1 N–H and O–H groups in total. The standard InChI is InChI=1S/C13H15BrO3/c14-10-4-2-5-11(8-10)17-12-6-1-3-9(12)7-13(15)16/h2,4-5,8-9,12H,1,3,6-7H2,(H,15,16). The molecule has 0 aliphatic heterocycles. The molecule has 2 unspecified atom stereocenters. The second-order valence-electron chi connectivity index (χ2n) is 4.40. The molecule has 92 valence electrons. The van der Waals surface area contributed by atoms with Crippen LogP contribution in [0.15, 0.2) is 28.7 Å². The molecule has 17 heavy (non-hydrogen) atoms. The van der Waals surface area contributed by atoms with Crippen molar-refractivity contribution in [1.82, 2.24) is 0 Å². The number of hydrogen-bond donors (Lipinski definition) is 1. The quantitative estimate of drug-likeness (QED) is 0.926. The summed E-state index contributed by atoms with van der Waals surface area (Å²) < 4.78 is 6.85. The molecule has 0 aromatic heterocycles. The van der Waals surface area contributed by atoms with Crippen molar-refractivity contribution >= 4 is 21.9 Å². The van der Waals surface area contributed by atoms with Crippen molar-refractivity contribution in [2.75, 3.05) is 0 Å². The number of rotatable bonds is 4. The maximum Gasteiger partial charge on any atom is 0.303 e. The molecular formula is C13H15BrO3. The summed E-state index contributed by atoms with van der Waals surface area (Å²) >= 11 is 3.39. The lowest BCUT2D eigenvalue weighted by Gasteiger charge is -2.20. The molecule has 2 rings (SSSR count). The van der Waals surface area contributed by atoms with Gasteiger partial charge in [0.05, 0.1) is 6.42 Å². The molecule has 0 amide bonds. The molecule has 0 spiro atoms. The van der Waals surface area contributed by atoms with E-state index in [4.69, 9.17) is 9.84 Å². The van der Waals surface area contributed by atoms with Gasteiger partial charge in [-0.3, -0.25) is 4.79 Å². The summed E-state index contributed by atoms with van der Waals surface area (Å²) in [6.45, 7) is 0. The Bertz CT molecular complexity index is 405. The van der Waals surface area contributed by atoms with Crippen molar-refractivity contribution in [3.8, 4) is 5.75 Å². The normalized spacial score (nSPS) is 23.6. The lowest BCUT2D eigenvalue weighted by molar-refractivity contribution is -0.138. The minimum absolute atomic E-state index is 0.0420. The molecule has 0 radical (unpaired) electrons. The summed E-state index contributed by atoms with van der Waals surface area (Å²) in [6, 6.07) is 7.67. The molecule has 3 nitrogen and oxygen atoms in total. The van der Waals surface area contributed by atoms with Crippen molar-refractivity contribution in [3.63, 3.8) is 0 Å². The third-order valence-corrected chi connectivity index (χ3v) is 3.60. The van der Waals surface area contributed by atoms with Crippen LogP contribution in [0.3, 0.4) is 0 Å². The minimum Gasteiger partial charge on any atom is -0.490 e. The zero-order chi connectivity index (χ0) is 12.3. The molecule has 1 fully saturated rings. The van der Waals surface area contributed by atoms with Crippen molar-refractivity contribution in [2.24, 2.45) is 5.92 Å². The Labute approximate surface area is 109 Å². The Morgan fingerprint density at radius 3 is 3.00 bits per heavy atom. The molecule has 1 aliphatic rings. The zero-order valence-corrected chi connectivity index (χ0v) is 11.0. The lowest BCUT2D eigenvalue weighted by Crippen LogP contribution is -2.23. The van der Waals surface area contributed by atoms with Crippen LogP contribution >= 0.6 is 15.9 Å². The predicted molar refractivity (Wildman–Crippen MR) is 68.2 cm³/mol. The summed E-state index contributed by atoms with van der Waals surface area (Å²) in [4.78, 5) is 10.7. The number of carboxylic acid groups (broad SMARTS) is 1. The van der Waals surface area contributed by atoms with Gasteiger partial charge < -0.3 is 9.84 Å². The molecular weight excluding hydrogens is 284 g/mol. The Balaban J connectivity index is 2.00. The van der Waals surface area contributed by atoms with E-state index in [9.17, 15) is 4.79 Å². The molecule has 1 aromatic carbocycles. The Morgan fingerprint density at radius 2 is 2.29 bits per heavy atom. The van der Waals surface area contributed by atoms with Gasteiger partial charge in [0.1, 0.15) is 11.9 Å². The van der Waals surface area contributed by atoms with Crippen LogP contribution in [0.5, 0.6) is 5.75 Å². The second-order valence-corrected chi connectivity index (χ2v) is 5.32. The summed E-state index contributed by atoms with van der Waals surface area (Å²) in [6.07, 6.45) is 3.20. The van der Waals surface area contributed by atoms with Crippen LogP contribution in [0.25, 0.3) is 0 Å². The van der Waals surface area contributed by atoms with Crippen LogP contribution in [-0.4, -0.2) is 17.2 Å². The van der Waals surface area contributed by atoms with Gasteiger partial charge in [0.25, 0.3) is 0 Å². The van der Waals surface area contributed by atoms with Gasteiger partial charge in [0, 0.05) is 10.4 Å². The van der Waals surface area contributed by atoms with Crippen LogP contribution in [0.4, 0.5) is 0 Å². The lowest BCUT2D eigenvalue weighted by atomic mass is 10.0. The van der Waals surface area contributed by atoms with Crippen LogP contribution in [0.2, 0.25) is 0 Å². The second kappa shape index (κ2) is 5.54. The van der Waals surface area contributed by atoms with Gasteiger partial charge in [-0.1, -0.05) is 22.0 Å². The number of benzene rings is 1. The molecule has 0 saturated heterocycles. The Hall–Kier alpha value is -1.03. The van der Waals surface area contributed by atoms with Crippen molar-refractivity contribution in [1.29, 1.82) is 0 Å². The molecule has 1 saturated carbocycles. The van der Waals surface area contributed by atoms with E-state index in [2.05, 4.69) is 15.9 Å². The van der Waals surface area contributed by atoms with Crippen LogP contribution in [0.1, 0.15) is 25.7 Å². The highest BCUT2D eigenvalue weighted by Crippen LogP contribution is 2.32. The monoisotopic (exact) mass is 298 g/mol. The summed E-state index contributed by atoms with van der Waals surface area (Å²) in [5.41, 5.74) is 0. The molecule has 4 heteroatoms. The number of halogens is 1. The fourth-order valence-electron chi connectivity index (χ4n) is 2.33. The largest absolute Gasteiger partial charge is 0.490 e. The number of carbonyl (C=O) groups is 1. The van der Waals surface area contributed by atoms with Crippen molar-refractivity contribution in [3.05, 3.63) is 28.7 Å². The first kappa shape index (κ1) is 12.4. The van der Waals surface area contributed by atoms with Gasteiger partial charge in [-0.2, -0.15) is 0 Å². The first-order chi connectivity index (χ1) is 8.15. The third kappa shape index (κ3) is 3.46. The van der Waals surface area contributed by atoms with Crippen LogP contribution < -0.4 is 4.74 Å². The van der Waals surface area contributed by atoms with E-state index in [0.29, 0.717) is 0 Å². The first-order valence-corrected chi connectivity index (χ1v) is 6.58. The Morgan fingerprint density at radius 1 is 1.47 bits per heavy atom. The molecule has 1 aliphatic carbocycles. The topological polar surface area (TPSA) is 46.5 Å². The van der Waals surface area contributed by atoms with E-state index in [1.54, 1.807) is 0 Å². The van der Waals surface area contributed by atoms with E-state index in [-0.39, 0.29) is 18.4 Å². The molecule has 0 bridgehead atoms. The Kier molecular flexibility index (Phi) is 4.05. The van der Waals surface area contributed by atoms with Crippen molar-refractivity contribution < 1.29 is 14.6 Å². The maximum atomic E-state index is 10.7. The zero-order valence-electron chi connectivity index (χ0n) is 9.43. The fourth-order valence-corrected chi connectivity index (χ4v) is 2.71. The van der Waals surface area contributed by atoms with Crippen molar-refractivity contribution in [2.45, 2.75) is 31.8 Å². The van der Waals surface area contributed by atoms with E-state index in [1.807, 2.05) is 24.3 Å². The van der Waals surface area contributed by atoms with E-state index in [0.717, 1.165) is 29.5 Å². The van der Waals surface area contributed by atoms with Gasteiger partial charge in [-0.25, -0.2) is 0 Å². The minimum atomic E-state index is -0.736. The average molecular weight is 299 g/mol. The van der Waals surface area contributed by atoms with E-state index >= 15 is 0 Å². The smallest absolute Gasteiger partial charge is 0.303 e. The summed E-state index contributed by atoms with van der Waals surface area (Å²) in [5.74, 6) is 0.216.